The van der Waals surface area contributed by atoms with Crippen LogP contribution in [0.1, 0.15) is 27.4 Å². The molecule has 7 nitrogen and oxygen atoms in total. The molecule has 0 bridgehead atoms. The molecular formula is C25H19BrN2O5. The molecule has 3 aromatic rings. The number of fused-ring (bicyclic) bond motifs is 1. The lowest BCUT2D eigenvalue weighted by Gasteiger charge is -2.27. The summed E-state index contributed by atoms with van der Waals surface area (Å²) in [5, 5.41) is 9.77. The highest BCUT2D eigenvalue weighted by Gasteiger charge is 2.31. The second-order valence-corrected chi connectivity index (χ2v) is 8.05. The van der Waals surface area contributed by atoms with Gasteiger partial charge in [0.05, 0.1) is 25.7 Å². The highest BCUT2D eigenvalue weighted by Crippen LogP contribution is 2.45. The van der Waals surface area contributed by atoms with Crippen molar-refractivity contribution in [3.63, 3.8) is 0 Å². The van der Waals surface area contributed by atoms with Crippen LogP contribution < -0.4 is 24.7 Å². The number of nitrogens with zero attached hydrogens (tertiary/aromatic N) is 1. The van der Waals surface area contributed by atoms with E-state index in [1.165, 1.54) is 0 Å². The van der Waals surface area contributed by atoms with E-state index in [-0.39, 0.29) is 11.5 Å². The molecule has 0 unspecified atom stereocenters. The standard InChI is InChI=1S/C25H19BrN2O5/c1-30-20-10-5-15(11-22(20)31-2)23-18-9-8-17(12-21(18)33-24(28)19(23)13-27)32-25(29)14-3-6-16(26)7-4-14/h3-12,23H,28H2,1-2H3/t23-/m1/s1. The average molecular weight is 507 g/mol. The third-order valence-electron chi connectivity index (χ3n) is 5.22. The van der Waals surface area contributed by atoms with Gasteiger partial charge >= 0.3 is 5.97 Å². The van der Waals surface area contributed by atoms with Crippen molar-refractivity contribution in [3.05, 3.63) is 93.3 Å². The number of esters is 1. The Morgan fingerprint density at radius 1 is 1.03 bits per heavy atom. The summed E-state index contributed by atoms with van der Waals surface area (Å²) in [4.78, 5) is 12.5. The molecule has 0 amide bonds. The van der Waals surface area contributed by atoms with E-state index in [0.717, 1.165) is 10.0 Å². The molecule has 0 spiro atoms. The summed E-state index contributed by atoms with van der Waals surface area (Å²) in [6.45, 7) is 0. The molecule has 0 aromatic heterocycles. The molecule has 1 aliphatic rings. The molecule has 1 atom stereocenters. The van der Waals surface area contributed by atoms with Gasteiger partial charge in [0.25, 0.3) is 0 Å². The van der Waals surface area contributed by atoms with Gasteiger partial charge < -0.3 is 24.7 Å². The van der Waals surface area contributed by atoms with Gasteiger partial charge in [-0.2, -0.15) is 5.26 Å². The Morgan fingerprint density at radius 2 is 1.76 bits per heavy atom. The minimum absolute atomic E-state index is 0.0128. The number of hydrogen-bond donors (Lipinski definition) is 1. The Labute approximate surface area is 199 Å². The third-order valence-corrected chi connectivity index (χ3v) is 5.75. The number of rotatable bonds is 5. The number of carbonyl (C=O) groups is 1. The van der Waals surface area contributed by atoms with E-state index >= 15 is 0 Å². The van der Waals surface area contributed by atoms with Crippen molar-refractivity contribution < 1.29 is 23.7 Å². The first-order valence-corrected chi connectivity index (χ1v) is 10.7. The maximum Gasteiger partial charge on any atom is 0.343 e. The molecule has 0 saturated heterocycles. The van der Waals surface area contributed by atoms with Crippen LogP contribution in [0.15, 0.2) is 76.6 Å². The van der Waals surface area contributed by atoms with Crippen molar-refractivity contribution in [2.24, 2.45) is 5.73 Å². The normalized spacial score (nSPS) is 14.5. The van der Waals surface area contributed by atoms with Crippen molar-refractivity contribution in [3.8, 4) is 29.1 Å². The van der Waals surface area contributed by atoms with Gasteiger partial charge in [-0.25, -0.2) is 4.79 Å². The van der Waals surface area contributed by atoms with E-state index in [1.807, 2.05) is 6.07 Å². The van der Waals surface area contributed by atoms with Crippen molar-refractivity contribution in [2.45, 2.75) is 5.92 Å². The zero-order chi connectivity index (χ0) is 23.5. The summed E-state index contributed by atoms with van der Waals surface area (Å²) in [6.07, 6.45) is 0. The molecule has 1 aliphatic heterocycles. The minimum atomic E-state index is -0.504. The van der Waals surface area contributed by atoms with Crippen LogP contribution in [0, 0.1) is 11.3 Å². The number of halogens is 1. The number of allylic oxidation sites excluding steroid dienone is 1. The molecule has 0 saturated carbocycles. The average Bonchev–Trinajstić information content (AvgIpc) is 2.83. The van der Waals surface area contributed by atoms with Crippen molar-refractivity contribution >= 4 is 21.9 Å². The maximum atomic E-state index is 12.5. The van der Waals surface area contributed by atoms with Gasteiger partial charge in [-0.3, -0.25) is 0 Å². The van der Waals surface area contributed by atoms with E-state index in [1.54, 1.807) is 68.8 Å². The fourth-order valence-corrected chi connectivity index (χ4v) is 3.89. The summed E-state index contributed by atoms with van der Waals surface area (Å²) in [7, 11) is 3.10. The molecule has 0 aliphatic carbocycles. The molecule has 0 radical (unpaired) electrons. The van der Waals surface area contributed by atoms with E-state index < -0.39 is 11.9 Å². The number of nitriles is 1. The highest BCUT2D eigenvalue weighted by atomic mass is 79.9. The van der Waals surface area contributed by atoms with Crippen LogP contribution >= 0.6 is 15.9 Å². The molecule has 1 heterocycles. The van der Waals surface area contributed by atoms with Crippen LogP contribution in [0.25, 0.3) is 0 Å². The zero-order valence-corrected chi connectivity index (χ0v) is 19.4. The topological polar surface area (TPSA) is 104 Å². The maximum absolute atomic E-state index is 12.5. The number of hydrogen-bond acceptors (Lipinski definition) is 7. The molecular weight excluding hydrogens is 488 g/mol. The Hall–Kier alpha value is -3.96. The fraction of sp³-hybridized carbons (Fsp3) is 0.120. The van der Waals surface area contributed by atoms with Crippen molar-refractivity contribution in [1.29, 1.82) is 5.26 Å². The second kappa shape index (κ2) is 9.27. The van der Waals surface area contributed by atoms with Gasteiger partial charge in [0.1, 0.15) is 23.1 Å². The molecule has 3 aromatic carbocycles. The molecule has 0 fully saturated rings. The van der Waals surface area contributed by atoms with Gasteiger partial charge in [0.2, 0.25) is 5.88 Å². The Balaban J connectivity index is 1.71. The van der Waals surface area contributed by atoms with Crippen LogP contribution in [-0.2, 0) is 0 Å². The van der Waals surface area contributed by atoms with Crippen LogP contribution in [-0.4, -0.2) is 20.2 Å². The summed E-state index contributed by atoms with van der Waals surface area (Å²) < 4.78 is 22.8. The Kier molecular flexibility index (Phi) is 6.24. The van der Waals surface area contributed by atoms with Gasteiger partial charge in [-0.1, -0.05) is 28.1 Å². The van der Waals surface area contributed by atoms with Crippen LogP contribution in [0.3, 0.4) is 0 Å². The zero-order valence-electron chi connectivity index (χ0n) is 17.8. The predicted octanol–water partition coefficient (Wildman–Crippen LogP) is 4.90. The first-order valence-electron chi connectivity index (χ1n) is 9.86. The monoisotopic (exact) mass is 506 g/mol. The first kappa shape index (κ1) is 22.2. The lowest BCUT2D eigenvalue weighted by atomic mass is 9.83. The molecule has 8 heteroatoms. The number of ether oxygens (including phenoxy) is 4. The first-order chi connectivity index (χ1) is 15.9. The second-order valence-electron chi connectivity index (χ2n) is 7.14. The smallest absolute Gasteiger partial charge is 0.343 e. The minimum Gasteiger partial charge on any atom is -0.493 e. The predicted molar refractivity (Wildman–Crippen MR) is 124 cm³/mol. The van der Waals surface area contributed by atoms with E-state index in [9.17, 15) is 10.1 Å². The summed E-state index contributed by atoms with van der Waals surface area (Å²) in [5.41, 5.74) is 8.24. The number of carbonyl (C=O) groups excluding carboxylic acids is 1. The van der Waals surface area contributed by atoms with Crippen molar-refractivity contribution in [1.82, 2.24) is 0 Å². The summed E-state index contributed by atoms with van der Waals surface area (Å²) >= 11 is 3.34. The number of nitrogens with two attached hydrogens (primary N) is 1. The molecule has 4 rings (SSSR count). The third kappa shape index (κ3) is 4.36. The Bertz CT molecular complexity index is 1300. The van der Waals surface area contributed by atoms with E-state index in [0.29, 0.717) is 34.1 Å². The van der Waals surface area contributed by atoms with Gasteiger partial charge in [0.15, 0.2) is 11.5 Å². The molecule has 33 heavy (non-hydrogen) atoms. The van der Waals surface area contributed by atoms with Crippen LogP contribution in [0.5, 0.6) is 23.0 Å². The quantitative estimate of drug-likeness (QED) is 0.387. The van der Waals surface area contributed by atoms with Gasteiger partial charge in [-0.05, 0) is 48.0 Å². The number of methoxy groups -OCH3 is 2. The SMILES string of the molecule is COc1ccc([C@H]2C(C#N)=C(N)Oc3cc(OC(=O)c4ccc(Br)cc4)ccc32)cc1OC. The van der Waals surface area contributed by atoms with E-state index in [2.05, 4.69) is 22.0 Å². The van der Waals surface area contributed by atoms with Gasteiger partial charge in [0, 0.05) is 16.1 Å². The molecule has 166 valence electrons. The lowest BCUT2D eigenvalue weighted by molar-refractivity contribution is 0.0734. The van der Waals surface area contributed by atoms with Gasteiger partial charge in [-0.15, -0.1) is 0 Å². The summed E-state index contributed by atoms with van der Waals surface area (Å²) in [6, 6.07) is 19.4. The summed E-state index contributed by atoms with van der Waals surface area (Å²) in [5.74, 6) is 0.776. The van der Waals surface area contributed by atoms with Crippen molar-refractivity contribution in [2.75, 3.05) is 14.2 Å². The number of benzene rings is 3. The molecule has 2 N–H and O–H groups in total. The van der Waals surface area contributed by atoms with Crippen LogP contribution in [0.4, 0.5) is 0 Å². The van der Waals surface area contributed by atoms with E-state index in [4.69, 9.17) is 24.7 Å². The Morgan fingerprint density at radius 3 is 2.42 bits per heavy atom. The highest BCUT2D eigenvalue weighted by molar-refractivity contribution is 9.10. The largest absolute Gasteiger partial charge is 0.493 e. The lowest BCUT2D eigenvalue weighted by Crippen LogP contribution is -2.21. The fourth-order valence-electron chi connectivity index (χ4n) is 3.63. The van der Waals surface area contributed by atoms with Crippen LogP contribution in [0.2, 0.25) is 0 Å².